The summed E-state index contributed by atoms with van der Waals surface area (Å²) in [6.07, 6.45) is -4.61. The van der Waals surface area contributed by atoms with Crippen LogP contribution in [0.25, 0.3) is 0 Å². The minimum atomic E-state index is -4.61. The molecule has 0 aromatic heterocycles. The van der Waals surface area contributed by atoms with E-state index in [2.05, 4.69) is 16.0 Å². The van der Waals surface area contributed by atoms with Gasteiger partial charge < -0.3 is 16.0 Å². The Morgan fingerprint density at radius 2 is 1.68 bits per heavy atom. The van der Waals surface area contributed by atoms with E-state index >= 15 is 0 Å². The van der Waals surface area contributed by atoms with Crippen molar-refractivity contribution < 1.29 is 22.8 Å². The van der Waals surface area contributed by atoms with Gasteiger partial charge in [0.15, 0.2) is 0 Å². The number of allylic oxidation sites excluding steroid dienone is 1. The van der Waals surface area contributed by atoms with Crippen LogP contribution in [0.4, 0.5) is 23.7 Å². The van der Waals surface area contributed by atoms with E-state index < -0.39 is 29.7 Å². The first-order chi connectivity index (χ1) is 13.2. The molecule has 1 unspecified atom stereocenters. The van der Waals surface area contributed by atoms with Gasteiger partial charge in [-0.25, -0.2) is 4.79 Å². The molecule has 3 rings (SSSR count). The van der Waals surface area contributed by atoms with Crippen molar-refractivity contribution in [1.82, 2.24) is 10.6 Å². The van der Waals surface area contributed by atoms with Crippen LogP contribution >= 0.6 is 0 Å². The molecule has 2 aromatic rings. The van der Waals surface area contributed by atoms with E-state index in [0.29, 0.717) is 5.56 Å². The second-order valence-electron chi connectivity index (χ2n) is 6.42. The number of hydrogen-bond acceptors (Lipinski definition) is 2. The van der Waals surface area contributed by atoms with Crippen molar-refractivity contribution in [2.75, 3.05) is 5.32 Å². The van der Waals surface area contributed by atoms with Gasteiger partial charge >= 0.3 is 12.2 Å². The van der Waals surface area contributed by atoms with Crippen molar-refractivity contribution in [2.24, 2.45) is 0 Å². The third-order valence-corrected chi connectivity index (χ3v) is 4.49. The average Bonchev–Trinajstić information content (AvgIpc) is 2.61. The topological polar surface area (TPSA) is 70.2 Å². The minimum absolute atomic E-state index is 0.144. The van der Waals surface area contributed by atoms with Crippen LogP contribution in [0.1, 0.15) is 29.7 Å². The molecule has 0 radical (unpaired) electrons. The Balaban J connectivity index is 2.01. The van der Waals surface area contributed by atoms with Crippen LogP contribution in [-0.4, -0.2) is 11.9 Å². The zero-order valence-corrected chi connectivity index (χ0v) is 15.1. The summed E-state index contributed by atoms with van der Waals surface area (Å²) in [4.78, 5) is 24.9. The maximum Gasteiger partial charge on any atom is 0.418 e. The monoisotopic (exact) mass is 389 g/mol. The van der Waals surface area contributed by atoms with Crippen molar-refractivity contribution in [3.63, 3.8) is 0 Å². The van der Waals surface area contributed by atoms with Gasteiger partial charge in [-0.1, -0.05) is 36.4 Å². The summed E-state index contributed by atoms with van der Waals surface area (Å²) in [7, 11) is 0. The molecule has 146 valence electrons. The maximum atomic E-state index is 13.2. The van der Waals surface area contributed by atoms with Gasteiger partial charge in [0.05, 0.1) is 22.9 Å². The quantitative estimate of drug-likeness (QED) is 0.733. The van der Waals surface area contributed by atoms with Gasteiger partial charge in [0.25, 0.3) is 5.91 Å². The highest BCUT2D eigenvalue weighted by Crippen LogP contribution is 2.36. The molecule has 0 saturated carbocycles. The van der Waals surface area contributed by atoms with Gasteiger partial charge in [-0.15, -0.1) is 0 Å². The molecule has 5 nitrogen and oxygen atoms in total. The second kappa shape index (κ2) is 7.38. The molecule has 0 saturated heterocycles. The minimum Gasteiger partial charge on any atom is -0.327 e. The Kier molecular flexibility index (Phi) is 5.13. The molecule has 0 bridgehead atoms. The smallest absolute Gasteiger partial charge is 0.327 e. The number of rotatable bonds is 3. The summed E-state index contributed by atoms with van der Waals surface area (Å²) >= 11 is 0. The standard InChI is InChI=1S/C20H18F3N3O2/c1-11-7-3-4-8-13(11)17-16(12(2)24-19(28)26-17)18(27)25-15-10-6-5-9-14(15)20(21,22)23/h3-10,17H,1-2H3,(H,25,27)(H2,24,26,28). The summed E-state index contributed by atoms with van der Waals surface area (Å²) in [6, 6.07) is 10.6. The predicted molar refractivity (Wildman–Crippen MR) is 98.4 cm³/mol. The first-order valence-corrected chi connectivity index (χ1v) is 8.50. The molecule has 1 aliphatic rings. The Morgan fingerprint density at radius 1 is 1.04 bits per heavy atom. The second-order valence-corrected chi connectivity index (χ2v) is 6.42. The van der Waals surface area contributed by atoms with Gasteiger partial charge in [-0.3, -0.25) is 4.79 Å². The number of hydrogen-bond donors (Lipinski definition) is 3. The van der Waals surface area contributed by atoms with Gasteiger partial charge in [0.2, 0.25) is 0 Å². The molecule has 1 aliphatic heterocycles. The largest absolute Gasteiger partial charge is 0.418 e. The molecule has 8 heteroatoms. The number of carbonyl (C=O) groups excluding carboxylic acids is 2. The summed E-state index contributed by atoms with van der Waals surface area (Å²) in [5.74, 6) is -0.727. The van der Waals surface area contributed by atoms with E-state index in [-0.39, 0.29) is 17.0 Å². The average molecular weight is 389 g/mol. The third kappa shape index (κ3) is 3.85. The Morgan fingerprint density at radius 3 is 2.36 bits per heavy atom. The molecule has 0 aliphatic carbocycles. The number of para-hydroxylation sites is 1. The highest BCUT2D eigenvalue weighted by atomic mass is 19.4. The molecule has 28 heavy (non-hydrogen) atoms. The van der Waals surface area contributed by atoms with Gasteiger partial charge in [0, 0.05) is 5.70 Å². The Bertz CT molecular complexity index is 967. The fourth-order valence-electron chi connectivity index (χ4n) is 3.17. The lowest BCUT2D eigenvalue weighted by Crippen LogP contribution is -2.46. The maximum absolute atomic E-state index is 13.2. The summed E-state index contributed by atoms with van der Waals surface area (Å²) in [6.45, 7) is 3.36. The Labute approximate surface area is 159 Å². The summed E-state index contributed by atoms with van der Waals surface area (Å²) in [5, 5.41) is 7.52. The molecule has 2 aromatic carbocycles. The number of aryl methyl sites for hydroxylation is 1. The fraction of sp³-hybridized carbons (Fsp3) is 0.200. The van der Waals surface area contributed by atoms with Gasteiger partial charge in [-0.2, -0.15) is 13.2 Å². The highest BCUT2D eigenvalue weighted by Gasteiger charge is 2.36. The van der Waals surface area contributed by atoms with Crippen molar-refractivity contribution in [3.8, 4) is 0 Å². The number of urea groups is 1. The van der Waals surface area contributed by atoms with E-state index in [4.69, 9.17) is 0 Å². The third-order valence-electron chi connectivity index (χ3n) is 4.49. The first-order valence-electron chi connectivity index (χ1n) is 8.50. The van der Waals surface area contributed by atoms with Crippen LogP contribution in [0.3, 0.4) is 0 Å². The zero-order chi connectivity index (χ0) is 20.5. The predicted octanol–water partition coefficient (Wildman–Crippen LogP) is 4.28. The number of benzene rings is 2. The van der Waals surface area contributed by atoms with Crippen molar-refractivity contribution in [3.05, 3.63) is 76.5 Å². The van der Waals surface area contributed by atoms with E-state index in [1.54, 1.807) is 12.1 Å². The zero-order valence-electron chi connectivity index (χ0n) is 15.1. The lowest BCUT2D eigenvalue weighted by atomic mass is 9.92. The van der Waals surface area contributed by atoms with Crippen molar-refractivity contribution in [2.45, 2.75) is 26.1 Å². The molecule has 1 atom stereocenters. The number of anilines is 1. The number of nitrogens with one attached hydrogen (secondary N) is 3. The molecule has 0 spiro atoms. The van der Waals surface area contributed by atoms with E-state index in [1.807, 2.05) is 19.1 Å². The molecular formula is C20H18F3N3O2. The van der Waals surface area contributed by atoms with E-state index in [1.165, 1.54) is 25.1 Å². The van der Waals surface area contributed by atoms with Crippen LogP contribution in [0.15, 0.2) is 59.8 Å². The lowest BCUT2D eigenvalue weighted by molar-refractivity contribution is -0.137. The van der Waals surface area contributed by atoms with Gasteiger partial charge in [-0.05, 0) is 37.1 Å². The Hall–Kier alpha value is -3.29. The number of carbonyl (C=O) groups is 2. The van der Waals surface area contributed by atoms with Crippen LogP contribution in [-0.2, 0) is 11.0 Å². The summed E-state index contributed by atoms with van der Waals surface area (Å²) in [5.41, 5.74) is 0.655. The van der Waals surface area contributed by atoms with Crippen molar-refractivity contribution in [1.29, 1.82) is 0 Å². The summed E-state index contributed by atoms with van der Waals surface area (Å²) < 4.78 is 39.7. The van der Waals surface area contributed by atoms with Crippen LogP contribution in [0.5, 0.6) is 0 Å². The molecule has 3 amide bonds. The normalized spacial score (nSPS) is 17.0. The lowest BCUT2D eigenvalue weighted by Gasteiger charge is -2.29. The number of alkyl halides is 3. The number of halogens is 3. The van der Waals surface area contributed by atoms with Crippen LogP contribution < -0.4 is 16.0 Å². The van der Waals surface area contributed by atoms with E-state index in [0.717, 1.165) is 11.6 Å². The van der Waals surface area contributed by atoms with Crippen LogP contribution in [0.2, 0.25) is 0 Å². The molecule has 3 N–H and O–H groups in total. The van der Waals surface area contributed by atoms with Crippen LogP contribution in [0, 0.1) is 6.92 Å². The number of amides is 3. The molecular weight excluding hydrogens is 371 g/mol. The van der Waals surface area contributed by atoms with E-state index in [9.17, 15) is 22.8 Å². The SMILES string of the molecule is CC1=C(C(=O)Nc2ccccc2C(F)(F)F)C(c2ccccc2C)NC(=O)N1. The fourth-order valence-corrected chi connectivity index (χ4v) is 3.17. The van der Waals surface area contributed by atoms with Gasteiger partial charge in [0.1, 0.15) is 0 Å². The highest BCUT2D eigenvalue weighted by molar-refractivity contribution is 6.07. The van der Waals surface area contributed by atoms with Crippen molar-refractivity contribution >= 4 is 17.6 Å². The first kappa shape index (κ1) is 19.5. The molecule has 1 heterocycles. The molecule has 0 fully saturated rings.